The maximum atomic E-state index is 13.4. The van der Waals surface area contributed by atoms with Gasteiger partial charge in [-0.3, -0.25) is 4.79 Å². The van der Waals surface area contributed by atoms with Crippen molar-refractivity contribution < 1.29 is 9.53 Å². The number of amides is 1. The van der Waals surface area contributed by atoms with Crippen molar-refractivity contribution >= 4 is 45.5 Å². The van der Waals surface area contributed by atoms with Gasteiger partial charge in [-0.15, -0.1) is 10.2 Å². The van der Waals surface area contributed by atoms with Gasteiger partial charge in [0.2, 0.25) is 5.13 Å². The molecule has 0 aliphatic carbocycles. The summed E-state index contributed by atoms with van der Waals surface area (Å²) >= 11 is 2.81. The van der Waals surface area contributed by atoms with Gasteiger partial charge in [-0.2, -0.15) is 5.10 Å². The van der Waals surface area contributed by atoms with Gasteiger partial charge >= 0.3 is 0 Å². The number of rotatable bonds is 8. The Morgan fingerprint density at radius 2 is 1.84 bits per heavy atom. The lowest BCUT2D eigenvalue weighted by Gasteiger charge is -2.22. The van der Waals surface area contributed by atoms with Crippen molar-refractivity contribution in [2.75, 3.05) is 18.2 Å². The highest BCUT2D eigenvalue weighted by molar-refractivity contribution is 8.01. The SMILES string of the molecule is COc1ccc(C2CC(c3ccccc3)=NN2C(=O)CSc2nnc(Nc3ccc(C)c(C)c3)s2)cc1. The Balaban J connectivity index is 1.29. The summed E-state index contributed by atoms with van der Waals surface area (Å²) in [5.74, 6) is 0.924. The van der Waals surface area contributed by atoms with Crippen molar-refractivity contribution in [3.63, 3.8) is 0 Å². The van der Waals surface area contributed by atoms with E-state index < -0.39 is 0 Å². The Morgan fingerprint density at radius 1 is 1.05 bits per heavy atom. The van der Waals surface area contributed by atoms with Gasteiger partial charge < -0.3 is 10.1 Å². The molecular formula is C28H27N5O2S2. The standard InChI is InChI=1S/C28H27N5O2S2/c1-18-9-12-22(15-19(18)2)29-27-30-31-28(37-27)36-17-26(34)33-25(21-10-13-23(35-3)14-11-21)16-24(32-33)20-7-5-4-6-8-20/h4-15,25H,16-17H2,1-3H3,(H,29,30). The second-order valence-corrected chi connectivity index (χ2v) is 10.9. The first-order valence-electron chi connectivity index (χ1n) is 11.9. The first-order chi connectivity index (χ1) is 18.0. The molecule has 9 heteroatoms. The molecule has 37 heavy (non-hydrogen) atoms. The van der Waals surface area contributed by atoms with Crippen LogP contribution in [0.4, 0.5) is 10.8 Å². The third-order valence-electron chi connectivity index (χ3n) is 6.26. The summed E-state index contributed by atoms with van der Waals surface area (Å²) in [7, 11) is 1.64. The Hall–Kier alpha value is -3.69. The zero-order valence-electron chi connectivity index (χ0n) is 20.8. The molecule has 188 valence electrons. The van der Waals surface area contributed by atoms with Crippen LogP contribution in [0.15, 0.2) is 82.2 Å². The largest absolute Gasteiger partial charge is 0.497 e. The van der Waals surface area contributed by atoms with Crippen molar-refractivity contribution in [3.8, 4) is 5.75 Å². The van der Waals surface area contributed by atoms with Gasteiger partial charge in [-0.05, 0) is 60.4 Å². The lowest BCUT2D eigenvalue weighted by molar-refractivity contribution is -0.130. The van der Waals surface area contributed by atoms with E-state index in [9.17, 15) is 4.79 Å². The van der Waals surface area contributed by atoms with E-state index in [2.05, 4.69) is 41.5 Å². The second-order valence-electron chi connectivity index (χ2n) is 8.73. The number of nitrogens with one attached hydrogen (secondary N) is 1. The summed E-state index contributed by atoms with van der Waals surface area (Å²) in [6, 6.07) is 23.8. The normalized spacial score (nSPS) is 14.9. The Morgan fingerprint density at radius 3 is 2.57 bits per heavy atom. The van der Waals surface area contributed by atoms with Gasteiger partial charge in [0.25, 0.3) is 5.91 Å². The molecule has 1 aromatic heterocycles. The molecule has 1 aliphatic heterocycles. The van der Waals surface area contributed by atoms with Crippen molar-refractivity contribution in [1.29, 1.82) is 0 Å². The minimum atomic E-state index is -0.175. The maximum absolute atomic E-state index is 13.4. The fourth-order valence-corrected chi connectivity index (χ4v) is 5.71. The summed E-state index contributed by atoms with van der Waals surface area (Å²) < 4.78 is 6.03. The number of hydrogen-bond acceptors (Lipinski definition) is 8. The third kappa shape index (κ3) is 5.84. The molecule has 1 atom stereocenters. The van der Waals surface area contributed by atoms with E-state index >= 15 is 0 Å². The average Bonchev–Trinajstić information content (AvgIpc) is 3.57. The molecule has 3 aromatic carbocycles. The molecule has 0 fully saturated rings. The smallest absolute Gasteiger partial charge is 0.253 e. The number of carbonyl (C=O) groups excluding carboxylic acids is 1. The van der Waals surface area contributed by atoms with E-state index in [0.29, 0.717) is 11.6 Å². The van der Waals surface area contributed by atoms with Crippen LogP contribution in [-0.4, -0.2) is 39.7 Å². The van der Waals surface area contributed by atoms with E-state index in [1.165, 1.54) is 34.2 Å². The first-order valence-corrected chi connectivity index (χ1v) is 13.7. The molecule has 1 unspecified atom stereocenters. The van der Waals surface area contributed by atoms with Crippen molar-refractivity contribution in [2.45, 2.75) is 30.6 Å². The molecule has 1 aliphatic rings. The van der Waals surface area contributed by atoms with E-state index in [1.54, 1.807) is 12.1 Å². The van der Waals surface area contributed by atoms with E-state index in [0.717, 1.165) is 32.6 Å². The average molecular weight is 530 g/mol. The predicted octanol–water partition coefficient (Wildman–Crippen LogP) is 6.38. The quantitative estimate of drug-likeness (QED) is 0.267. The molecule has 0 spiro atoms. The highest BCUT2D eigenvalue weighted by Crippen LogP contribution is 2.35. The van der Waals surface area contributed by atoms with Crippen molar-refractivity contribution in [3.05, 3.63) is 95.1 Å². The summed E-state index contributed by atoms with van der Waals surface area (Å²) in [5.41, 5.74) is 6.36. The summed E-state index contributed by atoms with van der Waals surface area (Å²) in [5, 5.41) is 18.9. The number of nitrogens with zero attached hydrogens (tertiary/aromatic N) is 4. The molecule has 7 nitrogen and oxygen atoms in total. The van der Waals surface area contributed by atoms with Gasteiger partial charge in [-0.25, -0.2) is 5.01 Å². The van der Waals surface area contributed by atoms with Crippen molar-refractivity contribution in [2.24, 2.45) is 5.10 Å². The fraction of sp³-hybridized carbons (Fsp3) is 0.214. The third-order valence-corrected chi connectivity index (χ3v) is 8.21. The van der Waals surface area contributed by atoms with Crippen molar-refractivity contribution in [1.82, 2.24) is 15.2 Å². The van der Waals surface area contributed by atoms with Crippen LogP contribution in [0.3, 0.4) is 0 Å². The molecule has 4 aromatic rings. The highest BCUT2D eigenvalue weighted by atomic mass is 32.2. The zero-order chi connectivity index (χ0) is 25.8. The minimum Gasteiger partial charge on any atom is -0.497 e. The number of aromatic nitrogens is 2. The van der Waals surface area contributed by atoms with Crippen LogP contribution in [0.2, 0.25) is 0 Å². The van der Waals surface area contributed by atoms with Crippen LogP contribution < -0.4 is 10.1 Å². The van der Waals surface area contributed by atoms with Crippen LogP contribution in [-0.2, 0) is 4.79 Å². The molecule has 2 heterocycles. The molecule has 5 rings (SSSR count). The number of hydrogen-bond donors (Lipinski definition) is 1. The van der Waals surface area contributed by atoms with Gasteiger partial charge in [0.1, 0.15) is 5.75 Å². The molecular weight excluding hydrogens is 502 g/mol. The monoisotopic (exact) mass is 529 g/mol. The Kier molecular flexibility index (Phi) is 7.52. The van der Waals surface area contributed by atoms with Gasteiger partial charge in [-0.1, -0.05) is 71.6 Å². The molecule has 0 saturated heterocycles. The van der Waals surface area contributed by atoms with Crippen LogP contribution in [0.25, 0.3) is 0 Å². The molecule has 0 radical (unpaired) electrons. The lowest BCUT2D eigenvalue weighted by atomic mass is 9.98. The summed E-state index contributed by atoms with van der Waals surface area (Å²) in [6.45, 7) is 4.17. The number of hydrazone groups is 1. The number of benzene rings is 3. The summed E-state index contributed by atoms with van der Waals surface area (Å²) in [4.78, 5) is 13.4. The van der Waals surface area contributed by atoms with Gasteiger partial charge in [0.15, 0.2) is 4.34 Å². The molecule has 1 amide bonds. The van der Waals surface area contributed by atoms with Crippen LogP contribution >= 0.6 is 23.1 Å². The zero-order valence-corrected chi connectivity index (χ0v) is 22.5. The lowest BCUT2D eigenvalue weighted by Crippen LogP contribution is -2.28. The fourth-order valence-electron chi connectivity index (χ4n) is 4.08. The van der Waals surface area contributed by atoms with Gasteiger partial charge in [0.05, 0.1) is 24.6 Å². The second kappa shape index (κ2) is 11.1. The number of carbonyl (C=O) groups is 1. The summed E-state index contributed by atoms with van der Waals surface area (Å²) in [6.07, 6.45) is 0.648. The van der Waals surface area contributed by atoms with Crippen LogP contribution in [0.5, 0.6) is 5.75 Å². The molecule has 1 N–H and O–H groups in total. The number of aryl methyl sites for hydroxylation is 2. The maximum Gasteiger partial charge on any atom is 0.253 e. The van der Waals surface area contributed by atoms with Crippen LogP contribution in [0.1, 0.15) is 34.7 Å². The number of methoxy groups -OCH3 is 1. The number of ether oxygens (including phenoxy) is 1. The van der Waals surface area contributed by atoms with Crippen LogP contribution in [0, 0.1) is 13.8 Å². The Labute approximate surface area is 224 Å². The highest BCUT2D eigenvalue weighted by Gasteiger charge is 2.33. The van der Waals surface area contributed by atoms with E-state index in [-0.39, 0.29) is 17.7 Å². The predicted molar refractivity (Wildman–Crippen MR) is 150 cm³/mol. The number of anilines is 2. The van der Waals surface area contributed by atoms with E-state index in [1.807, 2.05) is 60.7 Å². The first kappa shape index (κ1) is 25.0. The molecule has 0 saturated carbocycles. The molecule has 0 bridgehead atoms. The Bertz CT molecular complexity index is 1420. The van der Waals surface area contributed by atoms with E-state index in [4.69, 9.17) is 9.84 Å². The topological polar surface area (TPSA) is 79.7 Å². The number of thioether (sulfide) groups is 1. The van der Waals surface area contributed by atoms with Gasteiger partial charge in [0, 0.05) is 12.1 Å². The minimum absolute atomic E-state index is 0.0735.